The molecule has 0 heterocycles. The highest BCUT2D eigenvalue weighted by Gasteiger charge is 2.00. The van der Waals surface area contributed by atoms with E-state index in [0.717, 1.165) is 12.2 Å². The van der Waals surface area contributed by atoms with Gasteiger partial charge >= 0.3 is 0 Å². The highest BCUT2D eigenvalue weighted by molar-refractivity contribution is 5.25. The van der Waals surface area contributed by atoms with Crippen molar-refractivity contribution in [3.63, 3.8) is 0 Å². The van der Waals surface area contributed by atoms with Crippen LogP contribution in [0.2, 0.25) is 0 Å². The Kier molecular flexibility index (Phi) is 5.77. The first-order valence-corrected chi connectivity index (χ1v) is 4.31. The van der Waals surface area contributed by atoms with Crippen LogP contribution in [-0.4, -0.2) is 14.2 Å². The maximum absolute atomic E-state index is 5.17. The SMILES string of the molecule is C=C/C(OC)=C(\C=C(/C)CC)OC. The van der Waals surface area contributed by atoms with Crippen LogP contribution >= 0.6 is 0 Å². The molecule has 0 N–H and O–H groups in total. The second kappa shape index (κ2) is 6.35. The first kappa shape index (κ1) is 11.8. The van der Waals surface area contributed by atoms with E-state index in [2.05, 4.69) is 20.4 Å². The fraction of sp³-hybridized carbons (Fsp3) is 0.455. The minimum atomic E-state index is 0.662. The molecule has 2 heteroatoms. The van der Waals surface area contributed by atoms with E-state index >= 15 is 0 Å². The van der Waals surface area contributed by atoms with Crippen molar-refractivity contribution >= 4 is 0 Å². The monoisotopic (exact) mass is 182 g/mol. The third kappa shape index (κ3) is 3.83. The molecule has 0 aromatic heterocycles. The van der Waals surface area contributed by atoms with Crippen molar-refractivity contribution in [1.29, 1.82) is 0 Å². The number of rotatable bonds is 5. The largest absolute Gasteiger partial charge is 0.493 e. The van der Waals surface area contributed by atoms with Gasteiger partial charge in [-0.2, -0.15) is 0 Å². The maximum atomic E-state index is 5.17. The predicted octanol–water partition coefficient (Wildman–Crippen LogP) is 3.03. The molecule has 0 bridgehead atoms. The van der Waals surface area contributed by atoms with E-state index in [0.29, 0.717) is 5.76 Å². The van der Waals surface area contributed by atoms with Crippen molar-refractivity contribution in [3.8, 4) is 0 Å². The molecule has 13 heavy (non-hydrogen) atoms. The Labute approximate surface area is 80.5 Å². The van der Waals surface area contributed by atoms with Crippen molar-refractivity contribution in [1.82, 2.24) is 0 Å². The molecule has 0 aliphatic carbocycles. The van der Waals surface area contributed by atoms with Gasteiger partial charge in [-0.05, 0) is 25.5 Å². The average Bonchev–Trinajstić information content (AvgIpc) is 2.17. The van der Waals surface area contributed by atoms with Gasteiger partial charge < -0.3 is 9.47 Å². The van der Waals surface area contributed by atoms with Crippen LogP contribution in [0.3, 0.4) is 0 Å². The fourth-order valence-electron chi connectivity index (χ4n) is 0.841. The smallest absolute Gasteiger partial charge is 0.160 e. The van der Waals surface area contributed by atoms with Crippen molar-refractivity contribution < 1.29 is 9.47 Å². The van der Waals surface area contributed by atoms with E-state index in [1.807, 2.05) is 6.08 Å². The molecule has 0 saturated carbocycles. The van der Waals surface area contributed by atoms with Crippen LogP contribution in [0.25, 0.3) is 0 Å². The zero-order valence-corrected chi connectivity index (χ0v) is 8.89. The molecule has 0 amide bonds. The Balaban J connectivity index is 4.85. The Bertz CT molecular complexity index is 224. The maximum Gasteiger partial charge on any atom is 0.160 e. The van der Waals surface area contributed by atoms with E-state index in [1.54, 1.807) is 20.3 Å². The summed E-state index contributed by atoms with van der Waals surface area (Å²) >= 11 is 0. The highest BCUT2D eigenvalue weighted by atomic mass is 16.5. The lowest BCUT2D eigenvalue weighted by molar-refractivity contribution is 0.241. The topological polar surface area (TPSA) is 18.5 Å². The molecule has 0 unspecified atom stereocenters. The van der Waals surface area contributed by atoms with Crippen LogP contribution in [0.5, 0.6) is 0 Å². The van der Waals surface area contributed by atoms with Gasteiger partial charge in [0.2, 0.25) is 0 Å². The second-order valence-electron chi connectivity index (χ2n) is 2.69. The van der Waals surface area contributed by atoms with Gasteiger partial charge in [-0.25, -0.2) is 0 Å². The van der Waals surface area contributed by atoms with Crippen LogP contribution in [0.1, 0.15) is 20.3 Å². The summed E-state index contributed by atoms with van der Waals surface area (Å²) < 4.78 is 10.3. The molecule has 2 nitrogen and oxygen atoms in total. The van der Waals surface area contributed by atoms with Gasteiger partial charge in [0.1, 0.15) is 0 Å². The number of hydrogen-bond donors (Lipinski definition) is 0. The summed E-state index contributed by atoms with van der Waals surface area (Å²) in [5, 5.41) is 0. The molecule has 0 saturated heterocycles. The van der Waals surface area contributed by atoms with E-state index in [9.17, 15) is 0 Å². The molecule has 0 aliphatic rings. The van der Waals surface area contributed by atoms with E-state index in [-0.39, 0.29) is 0 Å². The van der Waals surface area contributed by atoms with Crippen LogP contribution in [0.4, 0.5) is 0 Å². The lowest BCUT2D eigenvalue weighted by Gasteiger charge is -2.07. The van der Waals surface area contributed by atoms with Crippen LogP contribution in [-0.2, 0) is 9.47 Å². The van der Waals surface area contributed by atoms with Gasteiger partial charge in [-0.1, -0.05) is 19.1 Å². The van der Waals surface area contributed by atoms with Gasteiger partial charge in [0.15, 0.2) is 11.5 Å². The Morgan fingerprint density at radius 2 is 1.77 bits per heavy atom. The minimum Gasteiger partial charge on any atom is -0.493 e. The standard InChI is InChI=1S/C11H18O2/c1-6-9(3)8-11(13-5)10(7-2)12-4/h7-8H,2,6H2,1,3-5H3/b9-8+,11-10-. The summed E-state index contributed by atoms with van der Waals surface area (Å²) in [6.07, 6.45) is 4.60. The normalized spacial score (nSPS) is 13.4. The van der Waals surface area contributed by atoms with E-state index < -0.39 is 0 Å². The van der Waals surface area contributed by atoms with Gasteiger partial charge in [0, 0.05) is 0 Å². The number of hydrogen-bond acceptors (Lipinski definition) is 2. The van der Waals surface area contributed by atoms with Crippen molar-refractivity contribution in [2.24, 2.45) is 0 Å². The summed E-state index contributed by atoms with van der Waals surface area (Å²) in [6.45, 7) is 7.79. The summed E-state index contributed by atoms with van der Waals surface area (Å²) in [6, 6.07) is 0. The number of methoxy groups -OCH3 is 2. The molecule has 0 aromatic carbocycles. The second-order valence-corrected chi connectivity index (χ2v) is 2.69. The first-order chi connectivity index (χ1) is 6.19. The van der Waals surface area contributed by atoms with Gasteiger partial charge in [-0.15, -0.1) is 0 Å². The molecule has 0 aromatic rings. The van der Waals surface area contributed by atoms with Gasteiger partial charge in [0.05, 0.1) is 14.2 Å². The first-order valence-electron chi connectivity index (χ1n) is 4.31. The molecule has 0 fully saturated rings. The van der Waals surface area contributed by atoms with Gasteiger partial charge in [-0.3, -0.25) is 0 Å². The van der Waals surface area contributed by atoms with E-state index in [4.69, 9.17) is 9.47 Å². The Morgan fingerprint density at radius 3 is 2.08 bits per heavy atom. The third-order valence-corrected chi connectivity index (χ3v) is 1.80. The lowest BCUT2D eigenvalue weighted by Crippen LogP contribution is -1.93. The van der Waals surface area contributed by atoms with Crippen LogP contribution in [0.15, 0.2) is 35.8 Å². The summed E-state index contributed by atoms with van der Waals surface area (Å²) in [4.78, 5) is 0. The quantitative estimate of drug-likeness (QED) is 0.480. The van der Waals surface area contributed by atoms with Crippen molar-refractivity contribution in [2.45, 2.75) is 20.3 Å². The molecular formula is C11H18O2. The van der Waals surface area contributed by atoms with Crippen LogP contribution < -0.4 is 0 Å². The minimum absolute atomic E-state index is 0.662. The Morgan fingerprint density at radius 1 is 1.23 bits per heavy atom. The third-order valence-electron chi connectivity index (χ3n) is 1.80. The van der Waals surface area contributed by atoms with Crippen molar-refractivity contribution in [3.05, 3.63) is 35.8 Å². The molecule has 74 valence electrons. The van der Waals surface area contributed by atoms with Crippen LogP contribution in [0, 0.1) is 0 Å². The Hall–Kier alpha value is -1.18. The molecule has 0 aliphatic heterocycles. The number of ether oxygens (including phenoxy) is 2. The molecule has 0 atom stereocenters. The summed E-state index contributed by atoms with van der Waals surface area (Å²) in [7, 11) is 3.22. The van der Waals surface area contributed by atoms with Crippen molar-refractivity contribution in [2.75, 3.05) is 14.2 Å². The van der Waals surface area contributed by atoms with Gasteiger partial charge in [0.25, 0.3) is 0 Å². The molecular weight excluding hydrogens is 164 g/mol. The molecule has 0 spiro atoms. The van der Waals surface area contributed by atoms with E-state index in [1.165, 1.54) is 5.57 Å². The summed E-state index contributed by atoms with van der Waals surface area (Å²) in [5.74, 6) is 1.38. The highest BCUT2D eigenvalue weighted by Crippen LogP contribution is 2.12. The molecule has 0 rings (SSSR count). The molecule has 0 radical (unpaired) electrons. The predicted molar refractivity (Wildman–Crippen MR) is 55.3 cm³/mol. The summed E-state index contributed by atoms with van der Waals surface area (Å²) in [5.41, 5.74) is 1.24. The number of allylic oxidation sites excluding steroid dienone is 3. The average molecular weight is 182 g/mol. The zero-order chi connectivity index (χ0) is 10.3. The zero-order valence-electron chi connectivity index (χ0n) is 8.89. The lowest BCUT2D eigenvalue weighted by atomic mass is 10.2. The fourth-order valence-corrected chi connectivity index (χ4v) is 0.841.